The molecule has 1 N–H and O–H groups in total. The average molecular weight is 437 g/mol. The molecule has 1 amide bonds. The van der Waals surface area contributed by atoms with Crippen molar-refractivity contribution in [3.8, 4) is 5.75 Å². The van der Waals surface area contributed by atoms with Gasteiger partial charge >= 0.3 is 0 Å². The molecule has 3 aromatic rings. The van der Waals surface area contributed by atoms with Crippen LogP contribution in [0.25, 0.3) is 5.65 Å². The summed E-state index contributed by atoms with van der Waals surface area (Å²) >= 11 is 0. The molecule has 2 aromatic heterocycles. The third kappa shape index (κ3) is 5.21. The minimum atomic E-state index is 0. The average Bonchev–Trinajstić information content (AvgIpc) is 3.08. The molecule has 0 bridgehead atoms. The highest BCUT2D eigenvalue weighted by Gasteiger charge is 2.23. The fourth-order valence-electron chi connectivity index (χ4n) is 3.38. The first-order valence-corrected chi connectivity index (χ1v) is 9.29. The highest BCUT2D eigenvalue weighted by atomic mass is 35.5. The Morgan fingerprint density at radius 1 is 1.17 bits per heavy atom. The second kappa shape index (κ2) is 9.96. The molecule has 156 valence electrons. The molecule has 1 saturated heterocycles. The minimum absolute atomic E-state index is 0. The number of carbonyl (C=O) groups excluding carboxylic acids is 1. The van der Waals surface area contributed by atoms with Crippen LogP contribution in [0.15, 0.2) is 48.8 Å². The first-order chi connectivity index (χ1) is 13.1. The number of halogens is 2. The highest BCUT2D eigenvalue weighted by molar-refractivity contribution is 5.94. The normalized spacial score (nSPS) is 16.1. The largest absolute Gasteiger partial charge is 0.487 e. The van der Waals surface area contributed by atoms with Crippen LogP contribution in [0.1, 0.15) is 28.5 Å². The topological polar surface area (TPSA) is 58.9 Å². The first kappa shape index (κ1) is 23.0. The van der Waals surface area contributed by atoms with Crippen molar-refractivity contribution in [3.05, 3.63) is 65.6 Å². The fraction of sp³-hybridized carbons (Fsp3) is 0.333. The van der Waals surface area contributed by atoms with Gasteiger partial charge < -0.3 is 19.4 Å². The number of ether oxygens (including phenoxy) is 1. The van der Waals surface area contributed by atoms with Gasteiger partial charge in [0, 0.05) is 43.6 Å². The monoisotopic (exact) mass is 436 g/mol. The van der Waals surface area contributed by atoms with Crippen LogP contribution in [0, 0.1) is 6.92 Å². The van der Waals surface area contributed by atoms with Gasteiger partial charge in [0.05, 0.1) is 5.69 Å². The predicted molar refractivity (Wildman–Crippen MR) is 119 cm³/mol. The summed E-state index contributed by atoms with van der Waals surface area (Å²) in [4.78, 5) is 19.1. The molecule has 0 spiro atoms. The van der Waals surface area contributed by atoms with E-state index in [1.807, 2.05) is 58.1 Å². The summed E-state index contributed by atoms with van der Waals surface area (Å²) in [6.07, 6.45) is 4.02. The molecule has 0 aliphatic carbocycles. The number of fused-ring (bicyclic) bond motifs is 1. The Morgan fingerprint density at radius 2 is 1.93 bits per heavy atom. The number of aromatic nitrogens is 2. The Balaban J connectivity index is 0.00000150. The number of nitrogens with zero attached hydrogens (tertiary/aromatic N) is 3. The maximum atomic E-state index is 12.7. The van der Waals surface area contributed by atoms with E-state index in [0.717, 1.165) is 36.7 Å². The molecule has 29 heavy (non-hydrogen) atoms. The molecule has 0 unspecified atom stereocenters. The number of carbonyl (C=O) groups is 1. The lowest BCUT2D eigenvalue weighted by Gasteiger charge is -2.34. The molecule has 1 aliphatic rings. The molecule has 3 heterocycles. The predicted octanol–water partition coefficient (Wildman–Crippen LogP) is 3.50. The Kier molecular flexibility index (Phi) is 7.90. The molecule has 0 saturated carbocycles. The van der Waals surface area contributed by atoms with Crippen molar-refractivity contribution in [3.63, 3.8) is 0 Å². The summed E-state index contributed by atoms with van der Waals surface area (Å²) in [6.45, 7) is 6.94. The van der Waals surface area contributed by atoms with Gasteiger partial charge in [0.1, 0.15) is 18.0 Å². The zero-order valence-electron chi connectivity index (χ0n) is 16.5. The highest BCUT2D eigenvalue weighted by Crippen LogP contribution is 2.17. The van der Waals surface area contributed by atoms with Crippen LogP contribution in [0.5, 0.6) is 5.75 Å². The quantitative estimate of drug-likeness (QED) is 0.679. The van der Waals surface area contributed by atoms with Gasteiger partial charge in [-0.1, -0.05) is 6.07 Å². The summed E-state index contributed by atoms with van der Waals surface area (Å²) in [5.41, 5.74) is 3.66. The van der Waals surface area contributed by atoms with Gasteiger partial charge in [-0.25, -0.2) is 4.98 Å². The summed E-state index contributed by atoms with van der Waals surface area (Å²) in [7, 11) is 0. The SMILES string of the molecule is Cc1ccc2nc(COc3ccc(C(=O)N4CCNC[C@H]4C)cc3)cn2c1.Cl.Cl. The van der Waals surface area contributed by atoms with E-state index in [-0.39, 0.29) is 36.8 Å². The molecule has 1 aromatic carbocycles. The standard InChI is InChI=1S/C21H24N4O2.2ClH/c1-15-3-8-20-23-18(13-24(20)12-15)14-27-19-6-4-17(5-7-19)21(26)25-10-9-22-11-16(25)2;;/h3-8,12-13,16,22H,9-11,14H2,1-2H3;2*1H/t16-;;/m1../s1. The van der Waals surface area contributed by atoms with Crippen LogP contribution in [-0.4, -0.2) is 45.9 Å². The van der Waals surface area contributed by atoms with E-state index in [2.05, 4.69) is 24.1 Å². The minimum Gasteiger partial charge on any atom is -0.487 e. The van der Waals surface area contributed by atoms with Gasteiger partial charge in [-0.2, -0.15) is 0 Å². The number of amides is 1. The Hall–Kier alpha value is -2.28. The fourth-order valence-corrected chi connectivity index (χ4v) is 3.38. The zero-order valence-corrected chi connectivity index (χ0v) is 18.1. The van der Waals surface area contributed by atoms with Crippen molar-refractivity contribution in [1.29, 1.82) is 0 Å². The molecule has 1 aliphatic heterocycles. The number of imidazole rings is 1. The van der Waals surface area contributed by atoms with E-state index in [9.17, 15) is 4.79 Å². The number of benzene rings is 1. The van der Waals surface area contributed by atoms with Crippen LogP contribution in [0.4, 0.5) is 0 Å². The van der Waals surface area contributed by atoms with Crippen molar-refractivity contribution in [1.82, 2.24) is 19.6 Å². The lowest BCUT2D eigenvalue weighted by Crippen LogP contribution is -2.52. The Morgan fingerprint density at radius 3 is 2.66 bits per heavy atom. The lowest BCUT2D eigenvalue weighted by molar-refractivity contribution is 0.0655. The number of hydrogen-bond donors (Lipinski definition) is 1. The van der Waals surface area contributed by atoms with Crippen molar-refractivity contribution in [2.75, 3.05) is 19.6 Å². The maximum absolute atomic E-state index is 12.7. The van der Waals surface area contributed by atoms with E-state index in [1.54, 1.807) is 0 Å². The summed E-state index contributed by atoms with van der Waals surface area (Å²) in [5, 5.41) is 3.30. The Labute approximate surface area is 183 Å². The van der Waals surface area contributed by atoms with Crippen molar-refractivity contribution in [2.24, 2.45) is 0 Å². The lowest BCUT2D eigenvalue weighted by atomic mass is 10.1. The van der Waals surface area contributed by atoms with Gasteiger partial charge in [-0.3, -0.25) is 4.79 Å². The van der Waals surface area contributed by atoms with Gasteiger partial charge in [0.25, 0.3) is 5.91 Å². The molecule has 0 radical (unpaired) electrons. The second-order valence-corrected chi connectivity index (χ2v) is 7.07. The van der Waals surface area contributed by atoms with Gasteiger partial charge in [-0.15, -0.1) is 24.8 Å². The summed E-state index contributed by atoms with van der Waals surface area (Å²) in [5.74, 6) is 0.805. The molecule has 8 heteroatoms. The Bertz CT molecular complexity index is 959. The number of piperazine rings is 1. The molecule has 1 atom stereocenters. The summed E-state index contributed by atoms with van der Waals surface area (Å²) in [6, 6.07) is 11.6. The summed E-state index contributed by atoms with van der Waals surface area (Å²) < 4.78 is 7.85. The molecule has 4 rings (SSSR count). The van der Waals surface area contributed by atoms with E-state index in [0.29, 0.717) is 12.2 Å². The second-order valence-electron chi connectivity index (χ2n) is 7.07. The first-order valence-electron chi connectivity index (χ1n) is 9.29. The van der Waals surface area contributed by atoms with E-state index in [1.165, 1.54) is 5.56 Å². The maximum Gasteiger partial charge on any atom is 0.254 e. The third-order valence-corrected chi connectivity index (χ3v) is 4.90. The van der Waals surface area contributed by atoms with Gasteiger partial charge in [0.15, 0.2) is 0 Å². The number of aryl methyl sites for hydroxylation is 1. The van der Waals surface area contributed by atoms with E-state index in [4.69, 9.17) is 4.74 Å². The molecule has 6 nitrogen and oxygen atoms in total. The van der Waals surface area contributed by atoms with Gasteiger partial charge in [0.2, 0.25) is 0 Å². The van der Waals surface area contributed by atoms with Crippen molar-refractivity contribution >= 4 is 36.4 Å². The third-order valence-electron chi connectivity index (χ3n) is 4.90. The van der Waals surface area contributed by atoms with Crippen molar-refractivity contribution in [2.45, 2.75) is 26.5 Å². The van der Waals surface area contributed by atoms with Crippen LogP contribution < -0.4 is 10.1 Å². The molecular formula is C21H26Cl2N4O2. The zero-order chi connectivity index (χ0) is 18.8. The van der Waals surface area contributed by atoms with Crippen molar-refractivity contribution < 1.29 is 9.53 Å². The van der Waals surface area contributed by atoms with Crippen LogP contribution in [0.2, 0.25) is 0 Å². The smallest absolute Gasteiger partial charge is 0.254 e. The van der Waals surface area contributed by atoms with Crippen LogP contribution >= 0.6 is 24.8 Å². The van der Waals surface area contributed by atoms with Gasteiger partial charge in [-0.05, 0) is 49.7 Å². The van der Waals surface area contributed by atoms with Crippen LogP contribution in [-0.2, 0) is 6.61 Å². The van der Waals surface area contributed by atoms with Crippen LogP contribution in [0.3, 0.4) is 0 Å². The van der Waals surface area contributed by atoms with E-state index >= 15 is 0 Å². The number of rotatable bonds is 4. The number of hydrogen-bond acceptors (Lipinski definition) is 4. The number of pyridine rings is 1. The molecule has 1 fully saturated rings. The van der Waals surface area contributed by atoms with E-state index < -0.39 is 0 Å². The number of nitrogens with one attached hydrogen (secondary N) is 1. The molecular weight excluding hydrogens is 411 g/mol.